The highest BCUT2D eigenvalue weighted by molar-refractivity contribution is 5.26. The maximum atomic E-state index is 13.1. The molecule has 0 spiro atoms. The van der Waals surface area contributed by atoms with Gasteiger partial charge in [-0.1, -0.05) is 13.0 Å². The number of hydrogen-bond donors (Lipinski definition) is 1. The molecule has 1 aliphatic heterocycles. The van der Waals surface area contributed by atoms with Crippen LogP contribution in [-0.2, 0) is 6.54 Å². The van der Waals surface area contributed by atoms with E-state index in [1.807, 2.05) is 13.0 Å². The Morgan fingerprint density at radius 1 is 1.42 bits per heavy atom. The second kappa shape index (κ2) is 7.01. The molecule has 1 aromatic rings. The lowest BCUT2D eigenvalue weighted by Crippen LogP contribution is -2.39. The highest BCUT2D eigenvalue weighted by Crippen LogP contribution is 2.19. The predicted molar refractivity (Wildman–Crippen MR) is 77.7 cm³/mol. The molecule has 1 fully saturated rings. The number of nitrogens with zero attached hydrogens (tertiary/aromatic N) is 1. The van der Waals surface area contributed by atoms with Crippen LogP contribution < -0.4 is 5.32 Å². The van der Waals surface area contributed by atoms with Crippen molar-refractivity contribution in [2.75, 3.05) is 26.2 Å². The van der Waals surface area contributed by atoms with Gasteiger partial charge in [0.2, 0.25) is 0 Å². The summed E-state index contributed by atoms with van der Waals surface area (Å²) in [5.41, 5.74) is 2.32. The molecule has 1 aliphatic rings. The maximum Gasteiger partial charge on any atom is 0.123 e. The molecule has 2 rings (SSSR count). The summed E-state index contributed by atoms with van der Waals surface area (Å²) in [5, 5.41) is 3.44. The van der Waals surface area contributed by atoms with Crippen molar-refractivity contribution in [3.63, 3.8) is 0 Å². The van der Waals surface area contributed by atoms with Gasteiger partial charge in [0.25, 0.3) is 0 Å². The second-order valence-electron chi connectivity index (χ2n) is 5.62. The monoisotopic (exact) mass is 264 g/mol. The first-order valence-electron chi connectivity index (χ1n) is 7.37. The number of halogens is 1. The standard InChI is InChI=1S/C16H25FN2/c1-3-18-10-14-5-4-8-19(11-14)12-15-6-7-16(17)9-13(15)2/h6-7,9,14,18H,3-5,8,10-12H2,1-2H3. The normalized spacial score (nSPS) is 20.7. The van der Waals surface area contributed by atoms with Crippen molar-refractivity contribution in [2.24, 2.45) is 5.92 Å². The van der Waals surface area contributed by atoms with Crippen molar-refractivity contribution < 1.29 is 4.39 Å². The van der Waals surface area contributed by atoms with Crippen molar-refractivity contribution in [1.29, 1.82) is 0 Å². The first-order chi connectivity index (χ1) is 9.19. The van der Waals surface area contributed by atoms with E-state index in [4.69, 9.17) is 0 Å². The van der Waals surface area contributed by atoms with E-state index in [0.29, 0.717) is 0 Å². The lowest BCUT2D eigenvalue weighted by Gasteiger charge is -2.33. The molecule has 0 radical (unpaired) electrons. The number of nitrogens with one attached hydrogen (secondary N) is 1. The van der Waals surface area contributed by atoms with Crippen LogP contribution in [0.25, 0.3) is 0 Å². The largest absolute Gasteiger partial charge is 0.317 e. The molecule has 0 aliphatic carbocycles. The fourth-order valence-electron chi connectivity index (χ4n) is 2.89. The fraction of sp³-hybridized carbons (Fsp3) is 0.625. The van der Waals surface area contributed by atoms with Crippen molar-refractivity contribution in [3.8, 4) is 0 Å². The van der Waals surface area contributed by atoms with Crippen LogP contribution >= 0.6 is 0 Å². The molecule has 1 atom stereocenters. The summed E-state index contributed by atoms with van der Waals surface area (Å²) in [6.07, 6.45) is 2.60. The Morgan fingerprint density at radius 2 is 2.26 bits per heavy atom. The molecule has 1 heterocycles. The zero-order valence-electron chi connectivity index (χ0n) is 12.1. The average Bonchev–Trinajstić information content (AvgIpc) is 2.40. The van der Waals surface area contributed by atoms with Gasteiger partial charge in [0.1, 0.15) is 5.82 Å². The van der Waals surface area contributed by atoms with E-state index >= 15 is 0 Å². The van der Waals surface area contributed by atoms with Gasteiger partial charge in [-0.15, -0.1) is 0 Å². The molecule has 1 N–H and O–H groups in total. The van der Waals surface area contributed by atoms with Crippen molar-refractivity contribution in [1.82, 2.24) is 10.2 Å². The van der Waals surface area contributed by atoms with Crippen LogP contribution in [0.3, 0.4) is 0 Å². The van der Waals surface area contributed by atoms with Crippen LogP contribution in [0.15, 0.2) is 18.2 Å². The van der Waals surface area contributed by atoms with E-state index in [1.54, 1.807) is 12.1 Å². The number of benzene rings is 1. The molecule has 0 amide bonds. The minimum absolute atomic E-state index is 0.134. The van der Waals surface area contributed by atoms with Gasteiger partial charge in [0, 0.05) is 13.1 Å². The summed E-state index contributed by atoms with van der Waals surface area (Å²) >= 11 is 0. The summed E-state index contributed by atoms with van der Waals surface area (Å²) in [4.78, 5) is 2.51. The van der Waals surface area contributed by atoms with Gasteiger partial charge >= 0.3 is 0 Å². The number of hydrogen-bond acceptors (Lipinski definition) is 2. The van der Waals surface area contributed by atoms with E-state index in [2.05, 4.69) is 17.1 Å². The molecule has 0 aromatic heterocycles. The van der Waals surface area contributed by atoms with E-state index in [-0.39, 0.29) is 5.82 Å². The highest BCUT2D eigenvalue weighted by Gasteiger charge is 2.19. The van der Waals surface area contributed by atoms with Gasteiger partial charge in [0.15, 0.2) is 0 Å². The first-order valence-corrected chi connectivity index (χ1v) is 7.37. The van der Waals surface area contributed by atoms with Gasteiger partial charge in [-0.25, -0.2) is 4.39 Å². The van der Waals surface area contributed by atoms with Gasteiger partial charge in [-0.3, -0.25) is 4.90 Å². The minimum Gasteiger partial charge on any atom is -0.317 e. The molecule has 1 saturated heterocycles. The molecule has 1 aromatic carbocycles. The predicted octanol–water partition coefficient (Wildman–Crippen LogP) is 2.96. The van der Waals surface area contributed by atoms with Crippen LogP contribution in [0.5, 0.6) is 0 Å². The van der Waals surface area contributed by atoms with Crippen molar-refractivity contribution in [2.45, 2.75) is 33.2 Å². The molecule has 106 valence electrons. The molecule has 1 unspecified atom stereocenters. The number of aryl methyl sites for hydroxylation is 1. The molecular weight excluding hydrogens is 239 g/mol. The van der Waals surface area contributed by atoms with Crippen molar-refractivity contribution >= 4 is 0 Å². The average molecular weight is 264 g/mol. The van der Waals surface area contributed by atoms with Crippen LogP contribution in [0.1, 0.15) is 30.9 Å². The van der Waals surface area contributed by atoms with E-state index in [1.165, 1.54) is 24.9 Å². The van der Waals surface area contributed by atoms with E-state index in [0.717, 1.165) is 37.7 Å². The van der Waals surface area contributed by atoms with Gasteiger partial charge in [0.05, 0.1) is 0 Å². The van der Waals surface area contributed by atoms with Gasteiger partial charge < -0.3 is 5.32 Å². The Balaban J connectivity index is 1.91. The molecule has 0 saturated carbocycles. The zero-order valence-corrected chi connectivity index (χ0v) is 12.1. The lowest BCUT2D eigenvalue weighted by molar-refractivity contribution is 0.165. The molecule has 19 heavy (non-hydrogen) atoms. The van der Waals surface area contributed by atoms with E-state index in [9.17, 15) is 4.39 Å². The molecular formula is C16H25FN2. The van der Waals surface area contributed by atoms with Crippen LogP contribution in [0.4, 0.5) is 4.39 Å². The topological polar surface area (TPSA) is 15.3 Å². The lowest BCUT2D eigenvalue weighted by atomic mass is 9.97. The fourth-order valence-corrected chi connectivity index (χ4v) is 2.89. The highest BCUT2D eigenvalue weighted by atomic mass is 19.1. The Labute approximate surface area is 116 Å². The molecule has 0 bridgehead atoms. The van der Waals surface area contributed by atoms with Gasteiger partial charge in [-0.05, 0) is 68.6 Å². The summed E-state index contributed by atoms with van der Waals surface area (Å²) < 4.78 is 13.1. The summed E-state index contributed by atoms with van der Waals surface area (Å²) in [6, 6.07) is 5.14. The summed E-state index contributed by atoms with van der Waals surface area (Å²) in [5.74, 6) is 0.624. The Bertz CT molecular complexity index is 406. The third-order valence-electron chi connectivity index (χ3n) is 3.98. The molecule has 3 heteroatoms. The molecule has 2 nitrogen and oxygen atoms in total. The Morgan fingerprint density at radius 3 is 3.00 bits per heavy atom. The maximum absolute atomic E-state index is 13.1. The Kier molecular flexibility index (Phi) is 5.34. The van der Waals surface area contributed by atoms with Crippen LogP contribution in [0.2, 0.25) is 0 Å². The van der Waals surface area contributed by atoms with Crippen LogP contribution in [0, 0.1) is 18.7 Å². The summed E-state index contributed by atoms with van der Waals surface area (Å²) in [7, 11) is 0. The summed E-state index contributed by atoms with van der Waals surface area (Å²) in [6.45, 7) is 9.60. The minimum atomic E-state index is -0.134. The number of likely N-dealkylation sites (tertiary alicyclic amines) is 1. The van der Waals surface area contributed by atoms with Gasteiger partial charge in [-0.2, -0.15) is 0 Å². The van der Waals surface area contributed by atoms with Crippen LogP contribution in [-0.4, -0.2) is 31.1 Å². The third-order valence-corrected chi connectivity index (χ3v) is 3.98. The SMILES string of the molecule is CCNCC1CCCN(Cc2ccc(F)cc2C)C1. The number of rotatable bonds is 5. The smallest absolute Gasteiger partial charge is 0.123 e. The zero-order chi connectivity index (χ0) is 13.7. The Hall–Kier alpha value is -0.930. The van der Waals surface area contributed by atoms with E-state index < -0.39 is 0 Å². The second-order valence-corrected chi connectivity index (χ2v) is 5.62. The number of piperidine rings is 1. The first kappa shape index (κ1) is 14.5. The van der Waals surface area contributed by atoms with Crippen molar-refractivity contribution in [3.05, 3.63) is 35.1 Å². The third kappa shape index (κ3) is 4.29. The quantitative estimate of drug-likeness (QED) is 0.879.